The van der Waals surface area contributed by atoms with E-state index >= 15 is 0 Å². The SMILES string of the molecule is CN(Cc1csc(CN)n1)CC1(N(C)C)CCC1. The molecule has 1 saturated carbocycles. The van der Waals surface area contributed by atoms with Crippen molar-refractivity contribution in [1.82, 2.24) is 14.8 Å². The van der Waals surface area contributed by atoms with Crippen LogP contribution in [-0.2, 0) is 13.1 Å². The van der Waals surface area contributed by atoms with E-state index in [-0.39, 0.29) is 0 Å². The third-order valence-electron chi connectivity index (χ3n) is 4.00. The lowest BCUT2D eigenvalue weighted by atomic mass is 9.75. The van der Waals surface area contributed by atoms with Crippen LogP contribution in [0, 0.1) is 0 Å². The lowest BCUT2D eigenvalue weighted by Crippen LogP contribution is -2.56. The van der Waals surface area contributed by atoms with Crippen molar-refractivity contribution in [2.45, 2.75) is 37.9 Å². The Hall–Kier alpha value is -0.490. The van der Waals surface area contributed by atoms with Crippen LogP contribution in [0.15, 0.2) is 5.38 Å². The van der Waals surface area contributed by atoms with E-state index in [1.807, 2.05) is 0 Å². The molecular weight excluding hydrogens is 244 g/mol. The molecule has 0 spiro atoms. The molecule has 0 aliphatic heterocycles. The molecule has 0 radical (unpaired) electrons. The predicted molar refractivity (Wildman–Crippen MR) is 76.6 cm³/mol. The van der Waals surface area contributed by atoms with Gasteiger partial charge in [-0.25, -0.2) is 4.98 Å². The molecule has 1 aromatic rings. The van der Waals surface area contributed by atoms with Gasteiger partial charge < -0.3 is 10.6 Å². The van der Waals surface area contributed by atoms with E-state index in [9.17, 15) is 0 Å². The molecule has 0 unspecified atom stereocenters. The molecule has 1 aliphatic carbocycles. The van der Waals surface area contributed by atoms with Crippen LogP contribution in [-0.4, -0.2) is 48.0 Å². The second-order valence-electron chi connectivity index (χ2n) is 5.58. The monoisotopic (exact) mass is 268 g/mol. The smallest absolute Gasteiger partial charge is 0.106 e. The molecule has 1 fully saturated rings. The molecule has 2 N–H and O–H groups in total. The molecule has 0 atom stereocenters. The summed E-state index contributed by atoms with van der Waals surface area (Å²) in [6, 6.07) is 0. The van der Waals surface area contributed by atoms with Gasteiger partial charge in [0, 0.05) is 30.6 Å². The van der Waals surface area contributed by atoms with E-state index in [4.69, 9.17) is 5.73 Å². The van der Waals surface area contributed by atoms with Crippen LogP contribution in [0.1, 0.15) is 30.0 Å². The lowest BCUT2D eigenvalue weighted by Gasteiger charge is -2.49. The van der Waals surface area contributed by atoms with Gasteiger partial charge >= 0.3 is 0 Å². The average Bonchev–Trinajstić information content (AvgIpc) is 2.70. The summed E-state index contributed by atoms with van der Waals surface area (Å²) in [4.78, 5) is 9.30. The van der Waals surface area contributed by atoms with Crippen molar-refractivity contribution < 1.29 is 0 Å². The summed E-state index contributed by atoms with van der Waals surface area (Å²) in [6.07, 6.45) is 3.99. The minimum absolute atomic E-state index is 0.390. The zero-order chi connectivity index (χ0) is 13.2. The zero-order valence-corrected chi connectivity index (χ0v) is 12.5. The number of aromatic nitrogens is 1. The fourth-order valence-electron chi connectivity index (χ4n) is 2.68. The molecule has 4 nitrogen and oxygen atoms in total. The highest BCUT2D eigenvalue weighted by Crippen LogP contribution is 2.36. The Morgan fingerprint density at radius 1 is 1.39 bits per heavy atom. The molecule has 0 saturated heterocycles. The normalized spacial score (nSPS) is 18.3. The maximum absolute atomic E-state index is 5.59. The number of rotatable bonds is 6. The van der Waals surface area contributed by atoms with E-state index in [2.05, 4.69) is 41.3 Å². The van der Waals surface area contributed by atoms with E-state index < -0.39 is 0 Å². The van der Waals surface area contributed by atoms with Crippen LogP contribution in [0.4, 0.5) is 0 Å². The van der Waals surface area contributed by atoms with Gasteiger partial charge in [0.25, 0.3) is 0 Å². The van der Waals surface area contributed by atoms with Crippen LogP contribution in [0.2, 0.25) is 0 Å². The van der Waals surface area contributed by atoms with Crippen molar-refractivity contribution in [1.29, 1.82) is 0 Å². The molecule has 1 aliphatic rings. The van der Waals surface area contributed by atoms with Gasteiger partial charge in [-0.3, -0.25) is 4.90 Å². The van der Waals surface area contributed by atoms with Gasteiger partial charge in [0.1, 0.15) is 5.01 Å². The Morgan fingerprint density at radius 3 is 2.56 bits per heavy atom. The Morgan fingerprint density at radius 2 is 2.11 bits per heavy atom. The molecule has 1 heterocycles. The number of hydrogen-bond donors (Lipinski definition) is 1. The quantitative estimate of drug-likeness (QED) is 0.849. The maximum atomic E-state index is 5.59. The van der Waals surface area contributed by atoms with Gasteiger partial charge in [-0.05, 0) is 40.4 Å². The summed E-state index contributed by atoms with van der Waals surface area (Å²) in [5.41, 5.74) is 7.13. The predicted octanol–water partition coefficient (Wildman–Crippen LogP) is 1.52. The molecule has 18 heavy (non-hydrogen) atoms. The lowest BCUT2D eigenvalue weighted by molar-refractivity contribution is 0.0256. The van der Waals surface area contributed by atoms with Crippen LogP contribution in [0.3, 0.4) is 0 Å². The van der Waals surface area contributed by atoms with Gasteiger partial charge in [-0.1, -0.05) is 0 Å². The summed E-state index contributed by atoms with van der Waals surface area (Å²) in [5.74, 6) is 0. The number of hydrogen-bond acceptors (Lipinski definition) is 5. The van der Waals surface area contributed by atoms with Gasteiger partial charge in [-0.2, -0.15) is 0 Å². The second-order valence-corrected chi connectivity index (χ2v) is 6.52. The van der Waals surface area contributed by atoms with Crippen molar-refractivity contribution in [3.05, 3.63) is 16.1 Å². The Balaban J connectivity index is 1.90. The summed E-state index contributed by atoms with van der Waals surface area (Å²) < 4.78 is 0. The number of nitrogens with zero attached hydrogens (tertiary/aromatic N) is 3. The maximum Gasteiger partial charge on any atom is 0.106 e. The third kappa shape index (κ3) is 2.91. The highest BCUT2D eigenvalue weighted by Gasteiger charge is 2.39. The van der Waals surface area contributed by atoms with Crippen molar-refractivity contribution in [2.75, 3.05) is 27.7 Å². The Kier molecular flexibility index (Phi) is 4.37. The second kappa shape index (κ2) is 5.65. The number of nitrogens with two attached hydrogens (primary N) is 1. The van der Waals surface area contributed by atoms with E-state index in [0.29, 0.717) is 12.1 Å². The highest BCUT2D eigenvalue weighted by atomic mass is 32.1. The first kappa shape index (κ1) is 13.9. The Bertz CT molecular complexity index is 384. The van der Waals surface area contributed by atoms with E-state index in [1.54, 1.807) is 11.3 Å². The molecule has 0 bridgehead atoms. The van der Waals surface area contributed by atoms with Crippen molar-refractivity contribution in [2.24, 2.45) is 5.73 Å². The summed E-state index contributed by atoms with van der Waals surface area (Å²) in [5, 5.41) is 3.16. The van der Waals surface area contributed by atoms with Crippen LogP contribution in [0.25, 0.3) is 0 Å². The topological polar surface area (TPSA) is 45.4 Å². The fourth-order valence-corrected chi connectivity index (χ4v) is 3.35. The van der Waals surface area contributed by atoms with Gasteiger partial charge in [0.05, 0.1) is 5.69 Å². The first-order valence-corrected chi connectivity index (χ1v) is 7.43. The molecule has 2 rings (SSSR count). The zero-order valence-electron chi connectivity index (χ0n) is 11.6. The van der Waals surface area contributed by atoms with Gasteiger partial charge in [-0.15, -0.1) is 11.3 Å². The average molecular weight is 268 g/mol. The minimum Gasteiger partial charge on any atom is -0.325 e. The third-order valence-corrected chi connectivity index (χ3v) is 4.92. The van der Waals surface area contributed by atoms with Crippen molar-refractivity contribution in [3.8, 4) is 0 Å². The molecule has 0 amide bonds. The van der Waals surface area contributed by atoms with Crippen molar-refractivity contribution >= 4 is 11.3 Å². The molecular formula is C13H24N4S. The van der Waals surface area contributed by atoms with Crippen LogP contribution < -0.4 is 5.73 Å². The molecule has 0 aromatic carbocycles. The largest absolute Gasteiger partial charge is 0.325 e. The number of thiazole rings is 1. The fraction of sp³-hybridized carbons (Fsp3) is 0.769. The molecule has 1 aromatic heterocycles. The summed E-state index contributed by atoms with van der Waals surface area (Å²) in [6.45, 7) is 2.59. The standard InChI is InChI=1S/C13H24N4S/c1-16(2)13(5-4-6-13)10-17(3)8-11-9-18-12(7-14)15-11/h9H,4-8,10,14H2,1-3H3. The van der Waals surface area contributed by atoms with Crippen molar-refractivity contribution in [3.63, 3.8) is 0 Å². The molecule has 102 valence electrons. The minimum atomic E-state index is 0.390. The molecule has 5 heteroatoms. The van der Waals surface area contributed by atoms with Crippen LogP contribution in [0.5, 0.6) is 0 Å². The van der Waals surface area contributed by atoms with E-state index in [1.165, 1.54) is 19.3 Å². The summed E-state index contributed by atoms with van der Waals surface area (Å²) in [7, 11) is 6.58. The van der Waals surface area contributed by atoms with Gasteiger partial charge in [0.15, 0.2) is 0 Å². The Labute approximate surface area is 114 Å². The van der Waals surface area contributed by atoms with Crippen LogP contribution >= 0.6 is 11.3 Å². The van der Waals surface area contributed by atoms with E-state index in [0.717, 1.165) is 23.8 Å². The summed E-state index contributed by atoms with van der Waals surface area (Å²) >= 11 is 1.66. The number of likely N-dealkylation sites (N-methyl/N-ethyl adjacent to an activating group) is 2. The first-order chi connectivity index (χ1) is 8.55. The first-order valence-electron chi connectivity index (χ1n) is 6.55. The van der Waals surface area contributed by atoms with Gasteiger partial charge in [0.2, 0.25) is 0 Å². The highest BCUT2D eigenvalue weighted by molar-refractivity contribution is 7.09.